The maximum absolute atomic E-state index is 12.8. The first kappa shape index (κ1) is 62.9. The van der Waals surface area contributed by atoms with Crippen LogP contribution in [-0.4, -0.2) is 68.5 Å². The van der Waals surface area contributed by atoms with Gasteiger partial charge in [0.15, 0.2) is 0 Å². The number of unbranched alkanes of at least 4 members (excludes halogenated alkanes) is 12. The number of allylic oxidation sites excluding steroid dienone is 20. The summed E-state index contributed by atoms with van der Waals surface area (Å²) in [4.78, 5) is 25.3. The Kier molecular flexibility index (Phi) is 44.8. The molecule has 0 fully saturated rings. The Morgan fingerprint density at radius 3 is 1.35 bits per heavy atom. The average molecular weight is 937 g/mol. The summed E-state index contributed by atoms with van der Waals surface area (Å²) in [5, 5.41) is 13.8. The highest BCUT2D eigenvalue weighted by atomic mass is 31.2. The number of carbonyl (C=O) groups is 1. The molecule has 0 bridgehead atoms. The lowest BCUT2D eigenvalue weighted by atomic mass is 10.0. The van der Waals surface area contributed by atoms with Crippen molar-refractivity contribution in [3.63, 3.8) is 0 Å². The largest absolute Gasteiger partial charge is 0.756 e. The lowest BCUT2D eigenvalue weighted by molar-refractivity contribution is -0.870. The monoisotopic (exact) mass is 937 g/mol. The highest BCUT2D eigenvalue weighted by Gasteiger charge is 2.24. The summed E-state index contributed by atoms with van der Waals surface area (Å²) < 4.78 is 23.2. The Balaban J connectivity index is 4.07. The van der Waals surface area contributed by atoms with E-state index in [0.717, 1.165) is 122 Å². The van der Waals surface area contributed by atoms with Gasteiger partial charge >= 0.3 is 0 Å². The van der Waals surface area contributed by atoms with Gasteiger partial charge in [-0.2, -0.15) is 0 Å². The SMILES string of the molecule is CC/C=C\C/C=C\C/C=C\C/C=C\C/C=C\C/C=C\C/C=C\C/C=C\C/C=C\C/C=C\CCCCCCCCC(=O)NC(COP(=O)([O-])OCC[N+](C)(C)C)C(O)CCCCCCCCC. The number of likely N-dealkylation sites (N-methyl/N-ethyl adjacent to an activating group) is 1. The smallest absolute Gasteiger partial charge is 0.268 e. The molecular weight excluding hydrogens is 840 g/mol. The van der Waals surface area contributed by atoms with E-state index in [9.17, 15) is 19.4 Å². The average Bonchev–Trinajstić information content (AvgIpc) is 3.28. The van der Waals surface area contributed by atoms with E-state index >= 15 is 0 Å². The second-order valence-electron chi connectivity index (χ2n) is 18.1. The minimum Gasteiger partial charge on any atom is -0.756 e. The molecule has 0 spiro atoms. The molecule has 0 radical (unpaired) electrons. The van der Waals surface area contributed by atoms with E-state index < -0.39 is 20.0 Å². The number of rotatable bonds is 45. The van der Waals surface area contributed by atoms with Crippen LogP contribution < -0.4 is 10.2 Å². The predicted octanol–water partition coefficient (Wildman–Crippen LogP) is 14.8. The highest BCUT2D eigenvalue weighted by Crippen LogP contribution is 2.38. The van der Waals surface area contributed by atoms with Crippen LogP contribution in [0, 0.1) is 0 Å². The van der Waals surface area contributed by atoms with E-state index in [1.807, 2.05) is 21.1 Å². The summed E-state index contributed by atoms with van der Waals surface area (Å²) in [6, 6.07) is -0.814. The van der Waals surface area contributed by atoms with Crippen LogP contribution in [0.1, 0.15) is 181 Å². The van der Waals surface area contributed by atoms with Gasteiger partial charge in [-0.15, -0.1) is 0 Å². The zero-order valence-electron chi connectivity index (χ0n) is 42.6. The van der Waals surface area contributed by atoms with Crippen molar-refractivity contribution < 1.29 is 32.9 Å². The first-order valence-electron chi connectivity index (χ1n) is 25.9. The molecule has 3 unspecified atom stereocenters. The number of carbonyl (C=O) groups excluding carboxylic acids is 1. The number of hydrogen-bond donors (Lipinski definition) is 2. The van der Waals surface area contributed by atoms with Gasteiger partial charge in [0.2, 0.25) is 5.91 Å². The molecule has 0 saturated heterocycles. The van der Waals surface area contributed by atoms with Crippen LogP contribution in [0.2, 0.25) is 0 Å². The molecule has 0 aliphatic carbocycles. The zero-order chi connectivity index (χ0) is 48.5. The van der Waals surface area contributed by atoms with E-state index in [1.165, 1.54) is 32.1 Å². The molecule has 0 saturated carbocycles. The quantitative estimate of drug-likeness (QED) is 0.0273. The number of nitrogens with zero attached hydrogens (tertiary/aromatic N) is 1. The summed E-state index contributed by atoms with van der Waals surface area (Å²) in [5.41, 5.74) is 0. The molecule has 0 aliphatic rings. The van der Waals surface area contributed by atoms with Crippen molar-refractivity contribution in [3.05, 3.63) is 122 Å². The Labute approximate surface area is 405 Å². The molecule has 66 heavy (non-hydrogen) atoms. The van der Waals surface area contributed by atoms with Crippen molar-refractivity contribution in [2.75, 3.05) is 40.9 Å². The number of hydrogen-bond acceptors (Lipinski definition) is 6. The minimum absolute atomic E-state index is 0.00199. The molecule has 0 aliphatic heterocycles. The fraction of sp³-hybridized carbons (Fsp3) is 0.632. The van der Waals surface area contributed by atoms with Gasteiger partial charge in [-0.3, -0.25) is 9.36 Å². The van der Waals surface area contributed by atoms with Crippen LogP contribution in [0.5, 0.6) is 0 Å². The highest BCUT2D eigenvalue weighted by molar-refractivity contribution is 7.45. The second-order valence-corrected chi connectivity index (χ2v) is 19.6. The van der Waals surface area contributed by atoms with Gasteiger partial charge in [-0.25, -0.2) is 0 Å². The van der Waals surface area contributed by atoms with Crippen LogP contribution in [0.3, 0.4) is 0 Å². The summed E-state index contributed by atoms with van der Waals surface area (Å²) in [5.74, 6) is -0.190. The van der Waals surface area contributed by atoms with Gasteiger partial charge in [-0.1, -0.05) is 206 Å². The molecule has 9 heteroatoms. The Morgan fingerprint density at radius 2 is 0.924 bits per heavy atom. The predicted molar refractivity (Wildman–Crippen MR) is 283 cm³/mol. The summed E-state index contributed by atoms with van der Waals surface area (Å²) >= 11 is 0. The van der Waals surface area contributed by atoms with Gasteiger partial charge in [0.1, 0.15) is 13.2 Å². The number of aliphatic hydroxyl groups excluding tert-OH is 1. The van der Waals surface area contributed by atoms with E-state index in [2.05, 4.69) is 141 Å². The second kappa shape index (κ2) is 47.0. The number of quaternary nitrogens is 1. The number of amides is 1. The lowest BCUT2D eigenvalue weighted by Crippen LogP contribution is -2.46. The Morgan fingerprint density at radius 1 is 0.545 bits per heavy atom. The maximum Gasteiger partial charge on any atom is 0.268 e. The van der Waals surface area contributed by atoms with Crippen molar-refractivity contribution in [3.8, 4) is 0 Å². The lowest BCUT2D eigenvalue weighted by Gasteiger charge is -2.30. The number of phosphoric acid groups is 1. The van der Waals surface area contributed by atoms with Crippen LogP contribution in [-0.2, 0) is 18.4 Å². The molecule has 3 atom stereocenters. The van der Waals surface area contributed by atoms with E-state index in [-0.39, 0.29) is 19.1 Å². The Hall–Kier alpha value is -3.10. The fourth-order valence-corrected chi connectivity index (χ4v) is 7.38. The maximum atomic E-state index is 12.8. The molecule has 0 rings (SSSR count). The zero-order valence-corrected chi connectivity index (χ0v) is 43.5. The normalized spacial score (nSPS) is 15.1. The molecule has 0 aromatic rings. The van der Waals surface area contributed by atoms with Crippen molar-refractivity contribution in [1.29, 1.82) is 0 Å². The third-order valence-corrected chi connectivity index (χ3v) is 11.7. The molecule has 8 nitrogen and oxygen atoms in total. The van der Waals surface area contributed by atoms with Gasteiger partial charge in [-0.05, 0) is 89.9 Å². The van der Waals surface area contributed by atoms with Crippen molar-refractivity contribution >= 4 is 13.7 Å². The van der Waals surface area contributed by atoms with Gasteiger partial charge in [0, 0.05) is 6.42 Å². The number of aliphatic hydroxyl groups is 1. The summed E-state index contributed by atoms with van der Waals surface area (Å²) in [6.45, 7) is 4.51. The van der Waals surface area contributed by atoms with Crippen LogP contribution in [0.25, 0.3) is 0 Å². The molecular formula is C57H97N2O6P. The molecule has 0 aromatic carbocycles. The van der Waals surface area contributed by atoms with E-state index in [0.29, 0.717) is 23.9 Å². The fourth-order valence-electron chi connectivity index (χ4n) is 6.65. The first-order valence-corrected chi connectivity index (χ1v) is 27.3. The molecule has 376 valence electrons. The third kappa shape index (κ3) is 48.8. The van der Waals surface area contributed by atoms with Gasteiger partial charge in [0.05, 0.1) is 39.9 Å². The van der Waals surface area contributed by atoms with Gasteiger partial charge in [0.25, 0.3) is 7.82 Å². The van der Waals surface area contributed by atoms with Gasteiger partial charge < -0.3 is 28.8 Å². The molecule has 0 aromatic heterocycles. The topological polar surface area (TPSA) is 108 Å². The standard InChI is InChI=1S/C57H97N2O6P/c1-6-8-10-12-14-15-16-17-18-19-20-21-22-23-24-25-26-27-28-29-30-31-32-33-34-35-36-37-38-39-40-41-42-43-45-47-49-51-57(61)58-55(56(60)50-48-46-44-13-11-9-7-2)54-65-66(62,63)64-53-52-59(3,4)5/h8,10,14-15,17-18,20-21,23-24,26-27,29-30,32-33,35-36,38-39,55-56,60H,6-7,9,11-13,16,19,22,25,28,31,34,37,40-54H2,1-5H3,(H-,58,61,62,63)/b10-8-,15-14-,18-17-,21-20-,24-23-,27-26-,30-29-,33-32-,36-35-,39-38-. The van der Waals surface area contributed by atoms with Crippen molar-refractivity contribution in [2.45, 2.75) is 193 Å². The van der Waals surface area contributed by atoms with Crippen LogP contribution >= 0.6 is 7.82 Å². The number of phosphoric ester groups is 1. The van der Waals surface area contributed by atoms with Crippen LogP contribution in [0.4, 0.5) is 0 Å². The number of nitrogens with one attached hydrogen (secondary N) is 1. The minimum atomic E-state index is -4.57. The van der Waals surface area contributed by atoms with E-state index in [1.54, 1.807) is 0 Å². The third-order valence-electron chi connectivity index (χ3n) is 10.7. The molecule has 0 heterocycles. The van der Waals surface area contributed by atoms with Crippen LogP contribution in [0.15, 0.2) is 122 Å². The Bertz CT molecular complexity index is 1480. The van der Waals surface area contributed by atoms with Crippen molar-refractivity contribution in [1.82, 2.24) is 5.32 Å². The first-order chi connectivity index (χ1) is 32.0. The van der Waals surface area contributed by atoms with E-state index in [4.69, 9.17) is 9.05 Å². The van der Waals surface area contributed by atoms with Crippen molar-refractivity contribution in [2.24, 2.45) is 0 Å². The molecule has 2 N–H and O–H groups in total. The molecule has 1 amide bonds. The summed E-state index contributed by atoms with van der Waals surface area (Å²) in [7, 11) is 1.27. The summed E-state index contributed by atoms with van der Waals surface area (Å²) in [6.07, 6.45) is 69.6.